The Morgan fingerprint density at radius 2 is 1.81 bits per heavy atom. The molecule has 0 amide bonds. The second-order valence-corrected chi connectivity index (χ2v) is 4.88. The molecule has 0 spiro atoms. The number of hydrogen-bond donors (Lipinski definition) is 1. The molecular weight excluding hydrogens is 241 g/mol. The van der Waals surface area contributed by atoms with Crippen LogP contribution in [0.4, 0.5) is 13.2 Å². The summed E-state index contributed by atoms with van der Waals surface area (Å²) in [6, 6.07) is 6.31. The van der Waals surface area contributed by atoms with Crippen LogP contribution in [0.25, 0.3) is 0 Å². The predicted octanol–water partition coefficient (Wildman–Crippen LogP) is 2.03. The van der Waals surface area contributed by atoms with E-state index in [0.717, 1.165) is 5.56 Å². The maximum absolute atomic E-state index is 12.0. The normalized spacial score (nSPS) is 15.8. The summed E-state index contributed by atoms with van der Waals surface area (Å²) in [7, 11) is -1.84. The van der Waals surface area contributed by atoms with Gasteiger partial charge < -0.3 is 5.11 Å². The van der Waals surface area contributed by atoms with Gasteiger partial charge in [-0.3, -0.25) is 4.21 Å². The fourth-order valence-corrected chi connectivity index (χ4v) is 2.13. The van der Waals surface area contributed by atoms with E-state index in [1.807, 2.05) is 6.92 Å². The van der Waals surface area contributed by atoms with Crippen molar-refractivity contribution in [2.75, 3.05) is 5.75 Å². The third kappa shape index (κ3) is 3.61. The molecule has 0 heterocycles. The highest BCUT2D eigenvalue weighted by Gasteiger charge is 2.39. The first kappa shape index (κ1) is 13.2. The van der Waals surface area contributed by atoms with Crippen LogP contribution in [-0.4, -0.2) is 27.3 Å². The van der Waals surface area contributed by atoms with Crippen LogP contribution in [0, 0.1) is 6.92 Å². The Hall–Kier alpha value is -0.880. The van der Waals surface area contributed by atoms with Gasteiger partial charge in [-0.15, -0.1) is 0 Å². The van der Waals surface area contributed by atoms with Gasteiger partial charge in [0.2, 0.25) is 0 Å². The van der Waals surface area contributed by atoms with E-state index in [1.165, 1.54) is 12.1 Å². The number of aliphatic hydroxyl groups is 1. The van der Waals surface area contributed by atoms with Crippen LogP contribution in [0.5, 0.6) is 0 Å². The Balaban J connectivity index is 2.70. The lowest BCUT2D eigenvalue weighted by atomic mass is 10.2. The summed E-state index contributed by atoms with van der Waals surface area (Å²) in [5, 5.41) is 8.75. The maximum Gasteiger partial charge on any atom is 0.415 e. The zero-order valence-electron chi connectivity index (χ0n) is 8.49. The van der Waals surface area contributed by atoms with E-state index in [0.29, 0.717) is 0 Å². The van der Waals surface area contributed by atoms with Crippen LogP contribution in [0.1, 0.15) is 5.56 Å². The second-order valence-electron chi connectivity index (χ2n) is 3.38. The molecule has 1 unspecified atom stereocenters. The van der Waals surface area contributed by atoms with Crippen LogP contribution >= 0.6 is 0 Å². The van der Waals surface area contributed by atoms with Gasteiger partial charge in [0.15, 0.2) is 6.10 Å². The SMILES string of the molecule is Cc1ccc([S@](=O)CC(O)C(F)(F)F)cc1. The first-order valence-electron chi connectivity index (χ1n) is 4.50. The van der Waals surface area contributed by atoms with Crippen molar-refractivity contribution in [3.8, 4) is 0 Å². The van der Waals surface area contributed by atoms with Crippen molar-refractivity contribution in [3.05, 3.63) is 29.8 Å². The Bertz CT molecular complexity index is 373. The highest BCUT2D eigenvalue weighted by atomic mass is 32.2. The van der Waals surface area contributed by atoms with Crippen molar-refractivity contribution in [3.63, 3.8) is 0 Å². The number of hydrogen-bond acceptors (Lipinski definition) is 2. The Morgan fingerprint density at radius 3 is 2.25 bits per heavy atom. The third-order valence-electron chi connectivity index (χ3n) is 1.97. The monoisotopic (exact) mass is 252 g/mol. The lowest BCUT2D eigenvalue weighted by Crippen LogP contribution is -2.33. The van der Waals surface area contributed by atoms with E-state index in [9.17, 15) is 17.4 Å². The zero-order chi connectivity index (χ0) is 12.3. The molecule has 0 aromatic heterocycles. The van der Waals surface area contributed by atoms with E-state index in [-0.39, 0.29) is 4.90 Å². The van der Waals surface area contributed by atoms with Gasteiger partial charge >= 0.3 is 6.18 Å². The van der Waals surface area contributed by atoms with Crippen LogP contribution in [0.2, 0.25) is 0 Å². The van der Waals surface area contributed by atoms with E-state index in [1.54, 1.807) is 12.1 Å². The average molecular weight is 252 g/mol. The number of benzene rings is 1. The van der Waals surface area contributed by atoms with E-state index >= 15 is 0 Å². The second kappa shape index (κ2) is 4.97. The summed E-state index contributed by atoms with van der Waals surface area (Å²) in [6.45, 7) is 1.82. The first-order chi connectivity index (χ1) is 7.30. The molecule has 1 N–H and O–H groups in total. The lowest BCUT2D eigenvalue weighted by molar-refractivity contribution is -0.196. The van der Waals surface area contributed by atoms with Crippen LogP contribution < -0.4 is 0 Å². The highest BCUT2D eigenvalue weighted by molar-refractivity contribution is 7.85. The number of alkyl halides is 3. The molecule has 0 radical (unpaired) electrons. The molecule has 0 saturated carbocycles. The van der Waals surface area contributed by atoms with Gasteiger partial charge in [-0.1, -0.05) is 17.7 Å². The molecule has 1 aromatic rings. The van der Waals surface area contributed by atoms with Gasteiger partial charge in [0.25, 0.3) is 0 Å². The molecule has 0 fully saturated rings. The summed E-state index contributed by atoms with van der Waals surface area (Å²) in [5.41, 5.74) is 0.928. The first-order valence-corrected chi connectivity index (χ1v) is 5.82. The van der Waals surface area contributed by atoms with Crippen molar-refractivity contribution >= 4 is 10.8 Å². The quantitative estimate of drug-likeness (QED) is 0.893. The molecule has 2 nitrogen and oxygen atoms in total. The predicted molar refractivity (Wildman–Crippen MR) is 54.5 cm³/mol. The van der Waals surface area contributed by atoms with E-state index < -0.39 is 28.8 Å². The van der Waals surface area contributed by atoms with Gasteiger partial charge in [0.05, 0.1) is 16.6 Å². The van der Waals surface area contributed by atoms with Crippen LogP contribution in [0.3, 0.4) is 0 Å². The number of rotatable bonds is 3. The van der Waals surface area contributed by atoms with Crippen LogP contribution in [0.15, 0.2) is 29.2 Å². The summed E-state index contributed by atoms with van der Waals surface area (Å²) < 4.78 is 47.5. The van der Waals surface area contributed by atoms with Gasteiger partial charge in [0.1, 0.15) is 0 Å². The maximum atomic E-state index is 12.0. The van der Waals surface area contributed by atoms with Gasteiger partial charge in [-0.25, -0.2) is 0 Å². The zero-order valence-corrected chi connectivity index (χ0v) is 9.31. The molecule has 1 rings (SSSR count). The Kier molecular flexibility index (Phi) is 4.09. The Morgan fingerprint density at radius 1 is 1.31 bits per heavy atom. The molecule has 90 valence electrons. The summed E-state index contributed by atoms with van der Waals surface area (Å²) >= 11 is 0. The molecule has 16 heavy (non-hydrogen) atoms. The number of aryl methyl sites for hydroxylation is 1. The van der Waals surface area contributed by atoms with Crippen molar-refractivity contribution in [1.82, 2.24) is 0 Å². The molecule has 0 aliphatic carbocycles. The highest BCUT2D eigenvalue weighted by Crippen LogP contribution is 2.22. The summed E-state index contributed by atoms with van der Waals surface area (Å²) in [5.74, 6) is -0.827. The lowest BCUT2D eigenvalue weighted by Gasteiger charge is -2.13. The molecule has 0 aliphatic rings. The van der Waals surface area contributed by atoms with Gasteiger partial charge in [0, 0.05) is 4.90 Å². The smallest absolute Gasteiger partial charge is 0.383 e. The van der Waals surface area contributed by atoms with Gasteiger partial charge in [-0.2, -0.15) is 13.2 Å². The molecule has 2 atom stereocenters. The van der Waals surface area contributed by atoms with Crippen LogP contribution in [-0.2, 0) is 10.8 Å². The van der Waals surface area contributed by atoms with Crippen molar-refractivity contribution in [2.45, 2.75) is 24.1 Å². The molecule has 0 saturated heterocycles. The fraction of sp³-hybridized carbons (Fsp3) is 0.400. The fourth-order valence-electron chi connectivity index (χ4n) is 1.02. The topological polar surface area (TPSA) is 37.3 Å². The Labute approximate surface area is 93.6 Å². The van der Waals surface area contributed by atoms with E-state index in [2.05, 4.69) is 0 Å². The summed E-state index contributed by atoms with van der Waals surface area (Å²) in [6.07, 6.45) is -7.27. The molecule has 0 bridgehead atoms. The minimum Gasteiger partial charge on any atom is -0.383 e. The molecule has 1 aromatic carbocycles. The molecule has 6 heteroatoms. The third-order valence-corrected chi connectivity index (χ3v) is 3.39. The molecule has 0 aliphatic heterocycles. The number of halogens is 3. The standard InChI is InChI=1S/C10H11F3O2S/c1-7-2-4-8(5-3-7)16(15)6-9(14)10(11,12)13/h2-5,9,14H,6H2,1H3/t9?,16-/m1/s1. The van der Waals surface area contributed by atoms with E-state index in [4.69, 9.17) is 5.11 Å². The van der Waals surface area contributed by atoms with Gasteiger partial charge in [-0.05, 0) is 19.1 Å². The molecular formula is C10H11F3O2S. The minimum absolute atomic E-state index is 0.286. The van der Waals surface area contributed by atoms with Crippen molar-refractivity contribution < 1.29 is 22.5 Å². The summed E-state index contributed by atoms with van der Waals surface area (Å²) in [4.78, 5) is 0.286. The number of aliphatic hydroxyl groups excluding tert-OH is 1. The van der Waals surface area contributed by atoms with Crippen molar-refractivity contribution in [1.29, 1.82) is 0 Å². The largest absolute Gasteiger partial charge is 0.415 e. The van der Waals surface area contributed by atoms with Crippen molar-refractivity contribution in [2.24, 2.45) is 0 Å². The average Bonchev–Trinajstić information content (AvgIpc) is 2.17. The minimum atomic E-state index is -4.72.